The standard InChI is InChI=1S/C18H22FNO2/c1-17(2)14(13-6-9-22-15(13)17)20-16(21)18(7-8-18)11-4-3-5-12(19)10-11/h3-5,10,13-15H,6-9H2,1-2H3,(H,20,21)/t13-,14-,15-/m1/s1. The van der Waals surface area contributed by atoms with E-state index in [0.29, 0.717) is 5.92 Å². The molecule has 1 aromatic rings. The molecule has 1 heterocycles. The number of amides is 1. The number of carbonyl (C=O) groups is 1. The molecule has 0 aromatic heterocycles. The predicted molar refractivity (Wildman–Crippen MR) is 80.9 cm³/mol. The second-order valence-electron chi connectivity index (χ2n) is 7.61. The molecule has 4 rings (SSSR count). The van der Waals surface area contributed by atoms with Crippen molar-refractivity contribution in [2.75, 3.05) is 6.61 Å². The van der Waals surface area contributed by atoms with Crippen LogP contribution in [0.25, 0.3) is 0 Å². The fourth-order valence-corrected chi connectivity index (χ4v) is 4.45. The van der Waals surface area contributed by atoms with Crippen molar-refractivity contribution in [3.63, 3.8) is 0 Å². The molecule has 118 valence electrons. The summed E-state index contributed by atoms with van der Waals surface area (Å²) in [4.78, 5) is 12.8. The fourth-order valence-electron chi connectivity index (χ4n) is 4.45. The lowest BCUT2D eigenvalue weighted by atomic mass is 9.57. The maximum Gasteiger partial charge on any atom is 0.230 e. The molecule has 4 heteroatoms. The highest BCUT2D eigenvalue weighted by molar-refractivity contribution is 5.91. The van der Waals surface area contributed by atoms with Gasteiger partial charge in [0.05, 0.1) is 11.5 Å². The number of carbonyl (C=O) groups excluding carboxylic acids is 1. The lowest BCUT2D eigenvalue weighted by Crippen LogP contribution is -2.67. The lowest BCUT2D eigenvalue weighted by molar-refractivity contribution is -0.139. The van der Waals surface area contributed by atoms with Gasteiger partial charge in [-0.2, -0.15) is 0 Å². The monoisotopic (exact) mass is 303 g/mol. The molecule has 2 saturated carbocycles. The molecule has 3 fully saturated rings. The zero-order valence-electron chi connectivity index (χ0n) is 13.1. The fraction of sp³-hybridized carbons (Fsp3) is 0.611. The number of nitrogens with one attached hydrogen (secondary N) is 1. The number of halogens is 1. The second-order valence-corrected chi connectivity index (χ2v) is 7.61. The minimum atomic E-state index is -0.511. The third kappa shape index (κ3) is 1.86. The van der Waals surface area contributed by atoms with Crippen molar-refractivity contribution in [3.05, 3.63) is 35.6 Å². The Balaban J connectivity index is 1.53. The quantitative estimate of drug-likeness (QED) is 0.932. The van der Waals surface area contributed by atoms with E-state index in [1.165, 1.54) is 12.1 Å². The maximum absolute atomic E-state index is 13.5. The molecule has 1 amide bonds. The minimum Gasteiger partial charge on any atom is -0.377 e. The van der Waals surface area contributed by atoms with Crippen LogP contribution in [0, 0.1) is 17.2 Å². The van der Waals surface area contributed by atoms with Crippen LogP contribution < -0.4 is 5.32 Å². The van der Waals surface area contributed by atoms with Gasteiger partial charge < -0.3 is 10.1 Å². The van der Waals surface area contributed by atoms with Crippen LogP contribution in [0.2, 0.25) is 0 Å². The van der Waals surface area contributed by atoms with Gasteiger partial charge >= 0.3 is 0 Å². The number of rotatable bonds is 3. The van der Waals surface area contributed by atoms with Crippen LogP contribution in [-0.4, -0.2) is 24.7 Å². The second kappa shape index (κ2) is 4.54. The first kappa shape index (κ1) is 14.2. The molecule has 22 heavy (non-hydrogen) atoms. The molecule has 0 unspecified atom stereocenters. The van der Waals surface area contributed by atoms with Crippen LogP contribution in [0.5, 0.6) is 0 Å². The van der Waals surface area contributed by atoms with Gasteiger partial charge in [-0.25, -0.2) is 4.39 Å². The van der Waals surface area contributed by atoms with E-state index < -0.39 is 5.41 Å². The van der Waals surface area contributed by atoms with Crippen molar-refractivity contribution in [3.8, 4) is 0 Å². The van der Waals surface area contributed by atoms with E-state index in [-0.39, 0.29) is 29.3 Å². The Labute approximate surface area is 130 Å². The lowest BCUT2D eigenvalue weighted by Gasteiger charge is -2.54. The van der Waals surface area contributed by atoms with E-state index in [1.54, 1.807) is 6.07 Å². The first-order valence-corrected chi connectivity index (χ1v) is 8.14. The van der Waals surface area contributed by atoms with Gasteiger partial charge in [-0.05, 0) is 37.0 Å². The van der Waals surface area contributed by atoms with Gasteiger partial charge in [0.1, 0.15) is 5.82 Å². The zero-order valence-corrected chi connectivity index (χ0v) is 13.1. The Kier molecular flexibility index (Phi) is 2.93. The summed E-state index contributed by atoms with van der Waals surface area (Å²) in [5.41, 5.74) is 0.277. The van der Waals surface area contributed by atoms with Crippen LogP contribution in [0.3, 0.4) is 0 Å². The highest BCUT2D eigenvalue weighted by atomic mass is 19.1. The van der Waals surface area contributed by atoms with E-state index in [2.05, 4.69) is 19.2 Å². The number of fused-ring (bicyclic) bond motifs is 1. The van der Waals surface area contributed by atoms with Crippen LogP contribution in [0.1, 0.15) is 38.7 Å². The van der Waals surface area contributed by atoms with Crippen LogP contribution in [-0.2, 0) is 14.9 Å². The third-order valence-corrected chi connectivity index (χ3v) is 5.95. The maximum atomic E-state index is 13.5. The summed E-state index contributed by atoms with van der Waals surface area (Å²) >= 11 is 0. The Morgan fingerprint density at radius 3 is 2.82 bits per heavy atom. The van der Waals surface area contributed by atoms with Gasteiger partial charge in [0.25, 0.3) is 0 Å². The molecule has 1 aromatic carbocycles. The summed E-state index contributed by atoms with van der Waals surface area (Å²) in [7, 11) is 0. The topological polar surface area (TPSA) is 38.3 Å². The Morgan fingerprint density at radius 2 is 2.14 bits per heavy atom. The van der Waals surface area contributed by atoms with Crippen LogP contribution >= 0.6 is 0 Å². The molecular weight excluding hydrogens is 281 g/mol. The minimum absolute atomic E-state index is 0.0190. The average molecular weight is 303 g/mol. The number of ether oxygens (including phenoxy) is 1. The Hall–Kier alpha value is -1.42. The van der Waals surface area contributed by atoms with Crippen molar-refractivity contribution in [2.24, 2.45) is 11.3 Å². The summed E-state index contributed by atoms with van der Waals surface area (Å²) in [5, 5.41) is 3.26. The highest BCUT2D eigenvalue weighted by Gasteiger charge is 2.61. The normalized spacial score (nSPS) is 33.7. The van der Waals surface area contributed by atoms with Gasteiger partial charge in [0.2, 0.25) is 5.91 Å². The molecule has 0 spiro atoms. The van der Waals surface area contributed by atoms with E-state index in [0.717, 1.165) is 31.4 Å². The molecule has 1 saturated heterocycles. The van der Waals surface area contributed by atoms with Gasteiger partial charge in [-0.15, -0.1) is 0 Å². The van der Waals surface area contributed by atoms with Crippen molar-refractivity contribution in [1.82, 2.24) is 5.32 Å². The molecule has 3 atom stereocenters. The summed E-state index contributed by atoms with van der Waals surface area (Å²) in [6, 6.07) is 6.64. The molecule has 0 bridgehead atoms. The van der Waals surface area contributed by atoms with Crippen LogP contribution in [0.4, 0.5) is 4.39 Å². The summed E-state index contributed by atoms with van der Waals surface area (Å²) in [5.74, 6) is 0.216. The molecule has 2 aliphatic carbocycles. The molecule has 1 N–H and O–H groups in total. The molecule has 1 aliphatic heterocycles. The van der Waals surface area contributed by atoms with E-state index in [4.69, 9.17) is 4.74 Å². The van der Waals surface area contributed by atoms with E-state index >= 15 is 0 Å². The average Bonchev–Trinajstić information content (AvgIpc) is 3.17. The van der Waals surface area contributed by atoms with Gasteiger partial charge in [-0.3, -0.25) is 4.79 Å². The first-order chi connectivity index (χ1) is 10.4. The molecular formula is C18H22FNO2. The van der Waals surface area contributed by atoms with Crippen molar-refractivity contribution in [1.29, 1.82) is 0 Å². The van der Waals surface area contributed by atoms with Crippen molar-refractivity contribution < 1.29 is 13.9 Å². The summed E-state index contributed by atoms with van der Waals surface area (Å²) in [6.45, 7) is 5.11. The van der Waals surface area contributed by atoms with E-state index in [9.17, 15) is 9.18 Å². The summed E-state index contributed by atoms with van der Waals surface area (Å²) in [6.07, 6.45) is 2.90. The predicted octanol–water partition coefficient (Wildman–Crippen LogP) is 2.79. The first-order valence-electron chi connectivity index (χ1n) is 8.14. The van der Waals surface area contributed by atoms with Crippen molar-refractivity contribution in [2.45, 2.75) is 50.7 Å². The molecule has 3 nitrogen and oxygen atoms in total. The number of hydrogen-bond donors (Lipinski definition) is 1. The Morgan fingerprint density at radius 1 is 1.36 bits per heavy atom. The molecule has 0 radical (unpaired) electrons. The summed E-state index contributed by atoms with van der Waals surface area (Å²) < 4.78 is 19.3. The van der Waals surface area contributed by atoms with Crippen LogP contribution in [0.15, 0.2) is 24.3 Å². The number of benzene rings is 1. The van der Waals surface area contributed by atoms with E-state index in [1.807, 2.05) is 6.07 Å². The van der Waals surface area contributed by atoms with Gasteiger partial charge in [0.15, 0.2) is 0 Å². The smallest absolute Gasteiger partial charge is 0.230 e. The highest BCUT2D eigenvalue weighted by Crippen LogP contribution is 2.54. The van der Waals surface area contributed by atoms with Gasteiger partial charge in [0, 0.05) is 24.0 Å². The zero-order chi connectivity index (χ0) is 15.5. The third-order valence-electron chi connectivity index (χ3n) is 5.95. The Bertz CT molecular complexity index is 623. The van der Waals surface area contributed by atoms with Crippen molar-refractivity contribution >= 4 is 5.91 Å². The largest absolute Gasteiger partial charge is 0.377 e. The van der Waals surface area contributed by atoms with Gasteiger partial charge in [-0.1, -0.05) is 26.0 Å². The molecule has 3 aliphatic rings. The number of hydrogen-bond acceptors (Lipinski definition) is 2. The SMILES string of the molecule is CC1(C)[C@H](NC(=O)C2(c3cccc(F)c3)CC2)[C@H]2CCO[C@H]21.